The number of hydrogen-bond donors (Lipinski definition) is 2. The van der Waals surface area contributed by atoms with E-state index >= 15 is 0 Å². The Labute approximate surface area is 96.1 Å². The third-order valence-electron chi connectivity index (χ3n) is 2.67. The summed E-state index contributed by atoms with van der Waals surface area (Å²) < 4.78 is 26.1. The first kappa shape index (κ1) is 13.1. The van der Waals surface area contributed by atoms with Crippen LogP contribution in [0, 0.1) is 0 Å². The topological polar surface area (TPSA) is 78.1 Å². The fraction of sp³-hybridized carbons (Fsp3) is 0.667. The molecule has 1 heterocycles. The molecule has 92 valence electrons. The van der Waals surface area contributed by atoms with E-state index in [1.807, 2.05) is 32.8 Å². The van der Waals surface area contributed by atoms with Crippen LogP contribution in [0.15, 0.2) is 17.3 Å². The fourth-order valence-electron chi connectivity index (χ4n) is 0.900. The van der Waals surface area contributed by atoms with Crippen LogP contribution in [-0.4, -0.2) is 49.7 Å². The van der Waals surface area contributed by atoms with Gasteiger partial charge in [-0.2, -0.15) is 5.10 Å². The van der Waals surface area contributed by atoms with E-state index in [0.717, 1.165) is 0 Å². The number of nitrogens with zero attached hydrogens (tertiary/aromatic N) is 2. The van der Waals surface area contributed by atoms with E-state index in [4.69, 9.17) is 0 Å². The van der Waals surface area contributed by atoms with Crippen molar-refractivity contribution in [3.8, 4) is 0 Å². The number of likely N-dealkylation sites (N-methyl/N-ethyl adjacent to an activating group) is 1. The Balaban J connectivity index is 2.70. The molecular weight excluding hydrogens is 228 g/mol. The molecule has 1 rings (SSSR count). The predicted octanol–water partition coefficient (Wildman–Crippen LogP) is 0.0282. The fourth-order valence-corrected chi connectivity index (χ4v) is 2.01. The monoisotopic (exact) mass is 246 g/mol. The van der Waals surface area contributed by atoms with Crippen LogP contribution in [-0.2, 0) is 10.0 Å². The van der Waals surface area contributed by atoms with Gasteiger partial charge in [0, 0.05) is 12.1 Å². The SMILES string of the molecule is CN(C)C(C)(C)CNS(=O)(=O)c1ccn[nH]1. The van der Waals surface area contributed by atoms with Gasteiger partial charge in [0.25, 0.3) is 10.0 Å². The molecular formula is C9H18N4O2S. The maximum Gasteiger partial charge on any atom is 0.257 e. The van der Waals surface area contributed by atoms with Gasteiger partial charge in [0.2, 0.25) is 0 Å². The zero-order chi connectivity index (χ0) is 12.4. The van der Waals surface area contributed by atoms with Gasteiger partial charge >= 0.3 is 0 Å². The van der Waals surface area contributed by atoms with Crippen molar-refractivity contribution in [3.63, 3.8) is 0 Å². The van der Waals surface area contributed by atoms with Gasteiger partial charge in [0.05, 0.1) is 6.20 Å². The number of rotatable bonds is 5. The molecule has 6 nitrogen and oxygen atoms in total. The zero-order valence-corrected chi connectivity index (χ0v) is 10.8. The minimum atomic E-state index is -3.48. The van der Waals surface area contributed by atoms with Crippen LogP contribution in [0.25, 0.3) is 0 Å². The number of aromatic amines is 1. The van der Waals surface area contributed by atoms with Crippen molar-refractivity contribution in [1.82, 2.24) is 19.8 Å². The summed E-state index contributed by atoms with van der Waals surface area (Å²) in [7, 11) is 0.336. The highest BCUT2D eigenvalue weighted by atomic mass is 32.2. The van der Waals surface area contributed by atoms with Gasteiger partial charge in [-0.1, -0.05) is 0 Å². The van der Waals surface area contributed by atoms with Crippen LogP contribution >= 0.6 is 0 Å². The van der Waals surface area contributed by atoms with E-state index in [9.17, 15) is 8.42 Å². The molecule has 0 atom stereocenters. The largest absolute Gasteiger partial charge is 0.303 e. The Hall–Kier alpha value is -0.920. The maximum absolute atomic E-state index is 11.8. The Kier molecular flexibility index (Phi) is 3.72. The molecule has 0 aliphatic rings. The first-order chi connectivity index (χ1) is 7.26. The third-order valence-corrected chi connectivity index (χ3v) is 4.00. The summed E-state index contributed by atoms with van der Waals surface area (Å²) >= 11 is 0. The van der Waals surface area contributed by atoms with Gasteiger partial charge in [-0.3, -0.25) is 5.10 Å². The molecule has 0 unspecified atom stereocenters. The van der Waals surface area contributed by atoms with Crippen molar-refractivity contribution in [2.24, 2.45) is 0 Å². The number of H-pyrrole nitrogens is 1. The van der Waals surface area contributed by atoms with E-state index in [2.05, 4.69) is 14.9 Å². The molecule has 0 aliphatic carbocycles. The summed E-state index contributed by atoms with van der Waals surface area (Å²) in [5, 5.41) is 6.13. The van der Waals surface area contributed by atoms with Crippen LogP contribution in [0.2, 0.25) is 0 Å². The lowest BCUT2D eigenvalue weighted by Crippen LogP contribution is -2.48. The van der Waals surface area contributed by atoms with Gasteiger partial charge in [0.15, 0.2) is 5.03 Å². The Morgan fingerprint density at radius 1 is 1.50 bits per heavy atom. The van der Waals surface area contributed by atoms with Gasteiger partial charge in [-0.25, -0.2) is 13.1 Å². The molecule has 0 saturated heterocycles. The average Bonchev–Trinajstić information content (AvgIpc) is 2.68. The number of nitrogens with one attached hydrogen (secondary N) is 2. The maximum atomic E-state index is 11.8. The molecule has 0 bridgehead atoms. The van der Waals surface area contributed by atoms with Crippen molar-refractivity contribution in [1.29, 1.82) is 0 Å². The molecule has 0 saturated carbocycles. The highest BCUT2D eigenvalue weighted by Crippen LogP contribution is 2.10. The molecule has 16 heavy (non-hydrogen) atoms. The third kappa shape index (κ3) is 3.03. The molecule has 0 aromatic carbocycles. The molecule has 0 aliphatic heterocycles. The van der Waals surface area contributed by atoms with Crippen molar-refractivity contribution in [3.05, 3.63) is 12.3 Å². The molecule has 0 amide bonds. The van der Waals surface area contributed by atoms with E-state index in [1.54, 1.807) is 0 Å². The van der Waals surface area contributed by atoms with E-state index in [1.165, 1.54) is 12.3 Å². The van der Waals surface area contributed by atoms with Gasteiger partial charge in [-0.15, -0.1) is 0 Å². The number of hydrogen-bond acceptors (Lipinski definition) is 4. The lowest BCUT2D eigenvalue weighted by atomic mass is 10.1. The Morgan fingerprint density at radius 2 is 2.12 bits per heavy atom. The second-order valence-electron chi connectivity index (χ2n) is 4.45. The van der Waals surface area contributed by atoms with Crippen LogP contribution < -0.4 is 4.72 Å². The first-order valence-electron chi connectivity index (χ1n) is 4.92. The molecule has 0 radical (unpaired) electrons. The summed E-state index contributed by atoms with van der Waals surface area (Å²) in [6.07, 6.45) is 1.41. The highest BCUT2D eigenvalue weighted by molar-refractivity contribution is 7.89. The highest BCUT2D eigenvalue weighted by Gasteiger charge is 2.24. The molecule has 7 heteroatoms. The predicted molar refractivity (Wildman–Crippen MR) is 61.5 cm³/mol. The van der Waals surface area contributed by atoms with Gasteiger partial charge in [-0.05, 0) is 34.0 Å². The molecule has 1 aromatic heterocycles. The smallest absolute Gasteiger partial charge is 0.257 e. The second-order valence-corrected chi connectivity index (χ2v) is 6.19. The summed E-state index contributed by atoms with van der Waals surface area (Å²) in [6, 6.07) is 1.42. The standard InChI is InChI=1S/C9H18N4O2S/c1-9(2,13(3)4)7-11-16(14,15)8-5-6-10-12-8/h5-6,11H,7H2,1-4H3,(H,10,12). The number of aromatic nitrogens is 2. The normalized spacial score (nSPS) is 13.3. The van der Waals surface area contributed by atoms with E-state index < -0.39 is 10.0 Å². The van der Waals surface area contributed by atoms with Crippen molar-refractivity contribution < 1.29 is 8.42 Å². The van der Waals surface area contributed by atoms with Crippen molar-refractivity contribution in [2.75, 3.05) is 20.6 Å². The summed E-state index contributed by atoms with van der Waals surface area (Å²) in [5.41, 5.74) is -0.243. The zero-order valence-electron chi connectivity index (χ0n) is 9.98. The Morgan fingerprint density at radius 3 is 2.56 bits per heavy atom. The molecule has 0 spiro atoms. The number of sulfonamides is 1. The van der Waals surface area contributed by atoms with E-state index in [-0.39, 0.29) is 10.6 Å². The molecule has 0 fully saturated rings. The molecule has 2 N–H and O–H groups in total. The first-order valence-corrected chi connectivity index (χ1v) is 6.40. The minimum Gasteiger partial charge on any atom is -0.303 e. The molecule has 1 aromatic rings. The Bertz CT molecular complexity index is 422. The van der Waals surface area contributed by atoms with E-state index in [0.29, 0.717) is 6.54 Å². The van der Waals surface area contributed by atoms with Crippen molar-refractivity contribution in [2.45, 2.75) is 24.4 Å². The summed E-state index contributed by atoms with van der Waals surface area (Å²) in [4.78, 5) is 1.96. The van der Waals surface area contributed by atoms with Crippen LogP contribution in [0.3, 0.4) is 0 Å². The lowest BCUT2D eigenvalue weighted by Gasteiger charge is -2.32. The minimum absolute atomic E-state index is 0.0852. The summed E-state index contributed by atoms with van der Waals surface area (Å²) in [6.45, 7) is 4.26. The van der Waals surface area contributed by atoms with Crippen LogP contribution in [0.1, 0.15) is 13.8 Å². The second kappa shape index (κ2) is 4.52. The average molecular weight is 246 g/mol. The van der Waals surface area contributed by atoms with Gasteiger partial charge < -0.3 is 4.90 Å². The lowest BCUT2D eigenvalue weighted by molar-refractivity contribution is 0.199. The quantitative estimate of drug-likeness (QED) is 0.768. The van der Waals surface area contributed by atoms with Gasteiger partial charge in [0.1, 0.15) is 0 Å². The van der Waals surface area contributed by atoms with Crippen LogP contribution in [0.5, 0.6) is 0 Å². The summed E-state index contributed by atoms with van der Waals surface area (Å²) in [5.74, 6) is 0. The van der Waals surface area contributed by atoms with Crippen LogP contribution in [0.4, 0.5) is 0 Å². The van der Waals surface area contributed by atoms with Crippen molar-refractivity contribution >= 4 is 10.0 Å².